The van der Waals surface area contributed by atoms with Crippen molar-refractivity contribution in [3.8, 4) is 17.1 Å². The van der Waals surface area contributed by atoms with Gasteiger partial charge in [-0.25, -0.2) is 4.98 Å². The molecule has 0 saturated heterocycles. The molecule has 0 spiro atoms. The summed E-state index contributed by atoms with van der Waals surface area (Å²) in [7, 11) is 0. The molecule has 0 aliphatic carbocycles. The molecule has 0 radical (unpaired) electrons. The quantitative estimate of drug-likeness (QED) is 0.587. The summed E-state index contributed by atoms with van der Waals surface area (Å²) in [4.78, 5) is 4.10. The zero-order valence-electron chi connectivity index (χ0n) is 7.65. The number of rotatable bonds is 1. The van der Waals surface area contributed by atoms with E-state index in [4.69, 9.17) is 5.73 Å². The van der Waals surface area contributed by atoms with Crippen molar-refractivity contribution in [3.63, 3.8) is 0 Å². The summed E-state index contributed by atoms with van der Waals surface area (Å²) in [6.07, 6.45) is 0. The highest BCUT2D eigenvalue weighted by Crippen LogP contribution is 2.27. The lowest BCUT2D eigenvalue weighted by Gasteiger charge is -2.00. The van der Waals surface area contributed by atoms with Crippen LogP contribution in [-0.4, -0.2) is 20.3 Å². The number of aryl methyl sites for hydroxylation is 1. The minimum Gasteiger partial charge on any atom is -0.507 e. The fourth-order valence-electron chi connectivity index (χ4n) is 1.20. The molecule has 4 N–H and O–H groups in total. The van der Waals surface area contributed by atoms with Crippen molar-refractivity contribution in [2.75, 3.05) is 5.73 Å². The van der Waals surface area contributed by atoms with Gasteiger partial charge in [-0.1, -0.05) is 0 Å². The van der Waals surface area contributed by atoms with Crippen LogP contribution in [-0.2, 0) is 0 Å². The van der Waals surface area contributed by atoms with E-state index in [1.54, 1.807) is 19.1 Å². The highest BCUT2D eigenvalue weighted by molar-refractivity contribution is 5.67. The van der Waals surface area contributed by atoms with Crippen molar-refractivity contribution >= 4 is 5.69 Å². The maximum Gasteiger partial charge on any atom is 0.184 e. The predicted molar refractivity (Wildman–Crippen MR) is 52.6 cm³/mol. The van der Waals surface area contributed by atoms with Crippen molar-refractivity contribution in [2.24, 2.45) is 0 Å². The van der Waals surface area contributed by atoms with E-state index in [-0.39, 0.29) is 5.75 Å². The Balaban J connectivity index is 2.52. The van der Waals surface area contributed by atoms with E-state index < -0.39 is 0 Å². The highest BCUT2D eigenvalue weighted by Gasteiger charge is 2.08. The summed E-state index contributed by atoms with van der Waals surface area (Å²) >= 11 is 0. The van der Waals surface area contributed by atoms with Gasteiger partial charge in [0, 0.05) is 11.8 Å². The average Bonchev–Trinajstić information content (AvgIpc) is 2.51. The van der Waals surface area contributed by atoms with E-state index in [1.807, 2.05) is 0 Å². The molecule has 72 valence electrons. The fraction of sp³-hybridized carbons (Fsp3) is 0.111. The average molecular weight is 190 g/mol. The molecule has 5 heteroatoms. The topological polar surface area (TPSA) is 87.8 Å². The highest BCUT2D eigenvalue weighted by atomic mass is 16.3. The molecule has 0 fully saturated rings. The van der Waals surface area contributed by atoms with Gasteiger partial charge in [-0.3, -0.25) is 5.10 Å². The summed E-state index contributed by atoms with van der Waals surface area (Å²) in [6, 6.07) is 4.86. The number of benzene rings is 1. The predicted octanol–water partition coefficient (Wildman–Crippen LogP) is 1.07. The van der Waals surface area contributed by atoms with Crippen LogP contribution in [0.5, 0.6) is 5.75 Å². The summed E-state index contributed by atoms with van der Waals surface area (Å²) in [5, 5.41) is 16.2. The summed E-state index contributed by atoms with van der Waals surface area (Å²) in [6.45, 7) is 1.80. The lowest BCUT2D eigenvalue weighted by molar-refractivity contribution is 0.477. The standard InChI is InChI=1S/C9H10N4O/c1-5-11-9(13-12-5)7-3-2-6(10)4-8(7)14/h2-4,14H,10H2,1H3,(H,11,12,13). The molecule has 1 aromatic heterocycles. The zero-order valence-corrected chi connectivity index (χ0v) is 7.65. The molecule has 0 bridgehead atoms. The first-order valence-corrected chi connectivity index (χ1v) is 4.14. The van der Waals surface area contributed by atoms with Crippen molar-refractivity contribution in [3.05, 3.63) is 24.0 Å². The zero-order chi connectivity index (χ0) is 10.1. The van der Waals surface area contributed by atoms with Crippen molar-refractivity contribution in [1.29, 1.82) is 0 Å². The molecule has 2 aromatic rings. The minimum absolute atomic E-state index is 0.0870. The maximum atomic E-state index is 9.58. The number of aromatic nitrogens is 3. The molecule has 0 aliphatic rings. The number of hydrogen-bond acceptors (Lipinski definition) is 4. The van der Waals surface area contributed by atoms with Gasteiger partial charge in [0.25, 0.3) is 0 Å². The van der Waals surface area contributed by atoms with E-state index >= 15 is 0 Å². The number of nitrogens with one attached hydrogen (secondary N) is 1. The number of hydrogen-bond donors (Lipinski definition) is 3. The first-order valence-electron chi connectivity index (χ1n) is 4.14. The molecule has 0 amide bonds. The molecule has 1 aromatic carbocycles. The number of nitrogen functional groups attached to an aromatic ring is 1. The first-order chi connectivity index (χ1) is 6.66. The van der Waals surface area contributed by atoms with Gasteiger partial charge >= 0.3 is 0 Å². The molecule has 0 aliphatic heterocycles. The second kappa shape index (κ2) is 3.02. The van der Waals surface area contributed by atoms with E-state index in [0.29, 0.717) is 22.9 Å². The van der Waals surface area contributed by atoms with Crippen molar-refractivity contribution < 1.29 is 5.11 Å². The van der Waals surface area contributed by atoms with E-state index in [1.165, 1.54) is 6.07 Å². The van der Waals surface area contributed by atoms with E-state index in [9.17, 15) is 5.11 Å². The molecule has 1 heterocycles. The van der Waals surface area contributed by atoms with Gasteiger partial charge < -0.3 is 10.8 Å². The minimum atomic E-state index is 0.0870. The Kier molecular flexibility index (Phi) is 1.85. The fourth-order valence-corrected chi connectivity index (χ4v) is 1.20. The molecule has 0 saturated carbocycles. The Morgan fingerprint density at radius 3 is 2.79 bits per heavy atom. The Bertz CT molecular complexity index is 464. The number of nitrogens with zero attached hydrogens (tertiary/aromatic N) is 2. The molecular weight excluding hydrogens is 180 g/mol. The SMILES string of the molecule is Cc1nc(-c2ccc(N)cc2O)n[nH]1. The van der Waals surface area contributed by atoms with Crippen LogP contribution in [0.15, 0.2) is 18.2 Å². The van der Waals surface area contributed by atoms with Gasteiger partial charge in [-0.05, 0) is 19.1 Å². The van der Waals surface area contributed by atoms with Gasteiger partial charge in [0.05, 0.1) is 5.56 Å². The summed E-state index contributed by atoms with van der Waals surface area (Å²) < 4.78 is 0. The Morgan fingerprint density at radius 1 is 1.43 bits per heavy atom. The number of phenolic OH excluding ortho intramolecular Hbond substituents is 1. The molecule has 2 rings (SSSR count). The molecular formula is C9H10N4O. The second-order valence-corrected chi connectivity index (χ2v) is 3.02. The van der Waals surface area contributed by atoms with Gasteiger partial charge in [-0.15, -0.1) is 0 Å². The summed E-state index contributed by atoms with van der Waals surface area (Å²) in [5.41, 5.74) is 6.59. The number of nitrogens with two attached hydrogens (primary N) is 1. The third-order valence-corrected chi connectivity index (χ3v) is 1.86. The van der Waals surface area contributed by atoms with Gasteiger partial charge in [-0.2, -0.15) is 5.10 Å². The lowest BCUT2D eigenvalue weighted by Crippen LogP contribution is -1.86. The maximum absolute atomic E-state index is 9.58. The van der Waals surface area contributed by atoms with Crippen LogP contribution in [0.25, 0.3) is 11.4 Å². The molecule has 0 atom stereocenters. The number of anilines is 1. The largest absolute Gasteiger partial charge is 0.507 e. The van der Waals surface area contributed by atoms with Crippen LogP contribution < -0.4 is 5.73 Å². The molecule has 0 unspecified atom stereocenters. The Hall–Kier alpha value is -2.04. The third-order valence-electron chi connectivity index (χ3n) is 1.86. The van der Waals surface area contributed by atoms with Crippen LogP contribution in [0, 0.1) is 6.92 Å². The molecule has 14 heavy (non-hydrogen) atoms. The smallest absolute Gasteiger partial charge is 0.184 e. The van der Waals surface area contributed by atoms with E-state index in [2.05, 4.69) is 15.2 Å². The van der Waals surface area contributed by atoms with E-state index in [0.717, 1.165) is 0 Å². The van der Waals surface area contributed by atoms with Crippen molar-refractivity contribution in [2.45, 2.75) is 6.92 Å². The number of aromatic amines is 1. The normalized spacial score (nSPS) is 10.4. The Labute approximate surface area is 80.6 Å². The first kappa shape index (κ1) is 8.55. The monoisotopic (exact) mass is 190 g/mol. The van der Waals surface area contributed by atoms with Crippen LogP contribution in [0.1, 0.15) is 5.82 Å². The Morgan fingerprint density at radius 2 is 2.21 bits per heavy atom. The van der Waals surface area contributed by atoms with Crippen molar-refractivity contribution in [1.82, 2.24) is 15.2 Å². The number of aromatic hydroxyl groups is 1. The van der Waals surface area contributed by atoms with Crippen LogP contribution >= 0.6 is 0 Å². The van der Waals surface area contributed by atoms with Crippen LogP contribution in [0.2, 0.25) is 0 Å². The summed E-state index contributed by atoms with van der Waals surface area (Å²) in [5.74, 6) is 1.26. The third kappa shape index (κ3) is 1.39. The van der Waals surface area contributed by atoms with Gasteiger partial charge in [0.2, 0.25) is 0 Å². The number of phenols is 1. The van der Waals surface area contributed by atoms with Gasteiger partial charge in [0.15, 0.2) is 5.82 Å². The lowest BCUT2D eigenvalue weighted by atomic mass is 10.2. The second-order valence-electron chi connectivity index (χ2n) is 3.02. The van der Waals surface area contributed by atoms with Gasteiger partial charge in [0.1, 0.15) is 11.6 Å². The van der Waals surface area contributed by atoms with Crippen LogP contribution in [0.4, 0.5) is 5.69 Å². The number of H-pyrrole nitrogens is 1. The van der Waals surface area contributed by atoms with Crippen LogP contribution in [0.3, 0.4) is 0 Å². The molecule has 5 nitrogen and oxygen atoms in total.